The Kier molecular flexibility index (Phi) is 7.08. The Hall–Kier alpha value is -0.810. The largest absolute Gasteiger partial charge is 0.444 e. The molecule has 5 nitrogen and oxygen atoms in total. The summed E-state index contributed by atoms with van der Waals surface area (Å²) in [4.78, 5) is 11.3. The Morgan fingerprint density at radius 2 is 1.69 bits per heavy atom. The summed E-state index contributed by atoms with van der Waals surface area (Å²) in [6, 6.07) is 0. The normalized spacial score (nSPS) is 11.6. The van der Waals surface area contributed by atoms with Gasteiger partial charge in [0.05, 0.1) is 6.54 Å². The second-order valence-electron chi connectivity index (χ2n) is 4.22. The number of carbonyl (C=O) groups excluding carboxylic acids is 1. The van der Waals surface area contributed by atoms with Crippen LogP contribution in [0, 0.1) is 0 Å². The van der Waals surface area contributed by atoms with Gasteiger partial charge in [-0.3, -0.25) is 0 Å². The summed E-state index contributed by atoms with van der Waals surface area (Å²) in [5.41, 5.74) is -0.489. The highest BCUT2D eigenvalue weighted by Gasteiger charge is 2.17. The number of rotatable bonds is 6. The second-order valence-corrected chi connectivity index (χ2v) is 4.22. The van der Waals surface area contributed by atoms with Crippen LogP contribution in [0.5, 0.6) is 0 Å². The van der Waals surface area contributed by atoms with Crippen LogP contribution < -0.4 is 5.32 Å². The fourth-order valence-electron chi connectivity index (χ4n) is 1.02. The van der Waals surface area contributed by atoms with Gasteiger partial charge in [-0.1, -0.05) is 0 Å². The van der Waals surface area contributed by atoms with Crippen LogP contribution in [0.1, 0.15) is 34.6 Å². The Labute approximate surface area is 97.4 Å². The third-order valence-electron chi connectivity index (χ3n) is 1.52. The van der Waals surface area contributed by atoms with E-state index >= 15 is 0 Å². The Morgan fingerprint density at radius 1 is 1.19 bits per heavy atom. The van der Waals surface area contributed by atoms with Crippen LogP contribution in [-0.4, -0.2) is 37.7 Å². The molecule has 0 aromatic rings. The molecule has 0 fully saturated rings. The zero-order chi connectivity index (χ0) is 12.6. The lowest BCUT2D eigenvalue weighted by molar-refractivity contribution is -0.132. The third kappa shape index (κ3) is 8.49. The highest BCUT2D eigenvalue weighted by Crippen LogP contribution is 2.06. The zero-order valence-electron chi connectivity index (χ0n) is 10.8. The van der Waals surface area contributed by atoms with Crippen molar-refractivity contribution in [3.05, 3.63) is 0 Å². The predicted molar refractivity (Wildman–Crippen MR) is 61.3 cm³/mol. The van der Waals surface area contributed by atoms with Crippen molar-refractivity contribution < 1.29 is 19.0 Å². The minimum atomic E-state index is -0.489. The molecule has 1 N–H and O–H groups in total. The first-order valence-electron chi connectivity index (χ1n) is 5.59. The lowest BCUT2D eigenvalue weighted by Gasteiger charge is -2.21. The van der Waals surface area contributed by atoms with Gasteiger partial charge in [-0.15, -0.1) is 0 Å². The maximum absolute atomic E-state index is 11.3. The second kappa shape index (κ2) is 7.46. The van der Waals surface area contributed by atoms with Crippen LogP contribution in [0.2, 0.25) is 0 Å². The number of alkyl carbamates (subject to hydrolysis) is 1. The van der Waals surface area contributed by atoms with E-state index in [0.29, 0.717) is 13.2 Å². The summed E-state index contributed by atoms with van der Waals surface area (Å²) < 4.78 is 15.6. The highest BCUT2D eigenvalue weighted by molar-refractivity contribution is 5.67. The number of amides is 1. The molecule has 0 radical (unpaired) electrons. The molecular weight excluding hydrogens is 210 g/mol. The lowest BCUT2D eigenvalue weighted by atomic mass is 10.2. The van der Waals surface area contributed by atoms with E-state index in [9.17, 15) is 4.79 Å². The molecule has 0 saturated carbocycles. The molecule has 1 amide bonds. The molecule has 0 spiro atoms. The van der Waals surface area contributed by atoms with Crippen molar-refractivity contribution in [1.82, 2.24) is 5.32 Å². The lowest BCUT2D eigenvalue weighted by Crippen LogP contribution is -2.38. The molecule has 96 valence electrons. The van der Waals surface area contributed by atoms with Crippen LogP contribution in [-0.2, 0) is 14.2 Å². The molecule has 0 saturated heterocycles. The van der Waals surface area contributed by atoms with Gasteiger partial charge in [-0.25, -0.2) is 4.79 Å². The van der Waals surface area contributed by atoms with Gasteiger partial charge in [0.2, 0.25) is 0 Å². The molecule has 16 heavy (non-hydrogen) atoms. The summed E-state index contributed by atoms with van der Waals surface area (Å²) in [5.74, 6) is 0. The number of carbonyl (C=O) groups is 1. The smallest absolute Gasteiger partial charge is 0.407 e. The number of ether oxygens (including phenoxy) is 3. The SMILES string of the molecule is CCOC(CNC(=O)OC(C)(C)C)OCC. The van der Waals surface area contributed by atoms with E-state index in [-0.39, 0.29) is 6.54 Å². The van der Waals surface area contributed by atoms with E-state index in [4.69, 9.17) is 14.2 Å². The van der Waals surface area contributed by atoms with Gasteiger partial charge < -0.3 is 19.5 Å². The molecule has 0 aliphatic rings. The van der Waals surface area contributed by atoms with Crippen LogP contribution >= 0.6 is 0 Å². The average molecular weight is 233 g/mol. The third-order valence-corrected chi connectivity index (χ3v) is 1.52. The minimum absolute atomic E-state index is 0.288. The van der Waals surface area contributed by atoms with Gasteiger partial charge in [-0.2, -0.15) is 0 Å². The van der Waals surface area contributed by atoms with E-state index < -0.39 is 18.0 Å². The Bertz CT molecular complexity index is 195. The van der Waals surface area contributed by atoms with Crippen molar-refractivity contribution >= 4 is 6.09 Å². The van der Waals surface area contributed by atoms with Crippen LogP contribution in [0.25, 0.3) is 0 Å². The maximum atomic E-state index is 11.3. The van der Waals surface area contributed by atoms with Gasteiger partial charge in [0.25, 0.3) is 0 Å². The van der Waals surface area contributed by atoms with Crippen molar-refractivity contribution in [2.24, 2.45) is 0 Å². The molecular formula is C11H23NO4. The summed E-state index contributed by atoms with van der Waals surface area (Å²) in [5, 5.41) is 2.60. The summed E-state index contributed by atoms with van der Waals surface area (Å²) in [7, 11) is 0. The first-order valence-corrected chi connectivity index (χ1v) is 5.59. The Morgan fingerprint density at radius 3 is 2.06 bits per heavy atom. The Balaban J connectivity index is 3.86. The van der Waals surface area contributed by atoms with E-state index in [1.165, 1.54) is 0 Å². The van der Waals surface area contributed by atoms with Crippen molar-refractivity contribution in [2.45, 2.75) is 46.5 Å². The molecule has 0 heterocycles. The highest BCUT2D eigenvalue weighted by atomic mass is 16.7. The van der Waals surface area contributed by atoms with E-state index in [2.05, 4.69) is 5.32 Å². The first-order chi connectivity index (χ1) is 7.39. The van der Waals surface area contributed by atoms with Crippen LogP contribution in [0.3, 0.4) is 0 Å². The van der Waals surface area contributed by atoms with Crippen molar-refractivity contribution in [2.75, 3.05) is 19.8 Å². The van der Waals surface area contributed by atoms with Gasteiger partial charge in [0.15, 0.2) is 6.29 Å². The molecule has 0 aromatic carbocycles. The molecule has 0 bridgehead atoms. The van der Waals surface area contributed by atoms with Crippen LogP contribution in [0.15, 0.2) is 0 Å². The van der Waals surface area contributed by atoms with Gasteiger partial charge >= 0.3 is 6.09 Å². The average Bonchev–Trinajstić information content (AvgIpc) is 2.12. The summed E-state index contributed by atoms with van der Waals surface area (Å²) >= 11 is 0. The molecule has 0 rings (SSSR count). The quantitative estimate of drug-likeness (QED) is 0.712. The zero-order valence-corrected chi connectivity index (χ0v) is 10.8. The molecule has 0 aromatic heterocycles. The molecule has 0 aliphatic heterocycles. The standard InChI is InChI=1S/C11H23NO4/c1-6-14-9(15-7-2)8-12-10(13)16-11(3,4)5/h9H,6-8H2,1-5H3,(H,12,13). The van der Waals surface area contributed by atoms with E-state index in [1.807, 2.05) is 34.6 Å². The van der Waals surface area contributed by atoms with E-state index in [0.717, 1.165) is 0 Å². The van der Waals surface area contributed by atoms with Crippen LogP contribution in [0.4, 0.5) is 4.79 Å². The van der Waals surface area contributed by atoms with E-state index in [1.54, 1.807) is 0 Å². The molecule has 0 unspecified atom stereocenters. The minimum Gasteiger partial charge on any atom is -0.444 e. The topological polar surface area (TPSA) is 56.8 Å². The number of hydrogen-bond acceptors (Lipinski definition) is 4. The van der Waals surface area contributed by atoms with Gasteiger partial charge in [0, 0.05) is 13.2 Å². The fraction of sp³-hybridized carbons (Fsp3) is 0.909. The first kappa shape index (κ1) is 15.2. The van der Waals surface area contributed by atoms with Crippen molar-refractivity contribution in [3.8, 4) is 0 Å². The molecule has 5 heteroatoms. The van der Waals surface area contributed by atoms with Crippen molar-refractivity contribution in [3.63, 3.8) is 0 Å². The summed E-state index contributed by atoms with van der Waals surface area (Å²) in [6.45, 7) is 10.6. The number of hydrogen-bond donors (Lipinski definition) is 1. The summed E-state index contributed by atoms with van der Waals surface area (Å²) in [6.07, 6.45) is -0.876. The van der Waals surface area contributed by atoms with Gasteiger partial charge in [-0.05, 0) is 34.6 Å². The van der Waals surface area contributed by atoms with Crippen molar-refractivity contribution in [1.29, 1.82) is 0 Å². The maximum Gasteiger partial charge on any atom is 0.407 e. The predicted octanol–water partition coefficient (Wildman–Crippen LogP) is 1.91. The van der Waals surface area contributed by atoms with Gasteiger partial charge in [0.1, 0.15) is 5.60 Å². The molecule has 0 atom stereocenters. The molecule has 0 aliphatic carbocycles. The number of nitrogens with one attached hydrogen (secondary N) is 1. The monoisotopic (exact) mass is 233 g/mol. The fourth-order valence-corrected chi connectivity index (χ4v) is 1.02.